The van der Waals surface area contributed by atoms with Gasteiger partial charge in [-0.3, -0.25) is 9.69 Å². The summed E-state index contributed by atoms with van der Waals surface area (Å²) in [5.74, 6) is 0.916. The Bertz CT molecular complexity index is 720. The van der Waals surface area contributed by atoms with E-state index in [0.29, 0.717) is 12.6 Å². The van der Waals surface area contributed by atoms with Gasteiger partial charge in [0.2, 0.25) is 5.91 Å². The fraction of sp³-hybridized carbons (Fsp3) is 0.381. The number of aryl methyl sites for hydroxylation is 2. The first-order valence-electron chi connectivity index (χ1n) is 8.82. The highest BCUT2D eigenvalue weighted by Crippen LogP contribution is 2.32. The summed E-state index contributed by atoms with van der Waals surface area (Å²) >= 11 is 0. The number of methoxy groups -OCH3 is 1. The molecule has 4 heteroatoms. The van der Waals surface area contributed by atoms with Crippen LogP contribution in [0.25, 0.3) is 0 Å². The van der Waals surface area contributed by atoms with Crippen molar-refractivity contribution in [2.45, 2.75) is 32.7 Å². The zero-order valence-electron chi connectivity index (χ0n) is 15.2. The number of likely N-dealkylation sites (tertiary alicyclic amines) is 1. The highest BCUT2D eigenvalue weighted by molar-refractivity contribution is 5.93. The number of amides is 1. The van der Waals surface area contributed by atoms with Crippen LogP contribution in [0.4, 0.5) is 5.69 Å². The van der Waals surface area contributed by atoms with E-state index in [9.17, 15) is 4.79 Å². The van der Waals surface area contributed by atoms with Crippen molar-refractivity contribution < 1.29 is 9.53 Å². The summed E-state index contributed by atoms with van der Waals surface area (Å²) < 4.78 is 5.23. The summed E-state index contributed by atoms with van der Waals surface area (Å²) in [7, 11) is 1.68. The lowest BCUT2D eigenvalue weighted by molar-refractivity contribution is -0.117. The first kappa shape index (κ1) is 17.5. The van der Waals surface area contributed by atoms with Crippen LogP contribution < -0.4 is 10.1 Å². The van der Waals surface area contributed by atoms with Crippen molar-refractivity contribution in [3.63, 3.8) is 0 Å². The summed E-state index contributed by atoms with van der Waals surface area (Å²) in [4.78, 5) is 14.8. The molecule has 2 aromatic carbocycles. The lowest BCUT2D eigenvalue weighted by Gasteiger charge is -2.24. The molecule has 1 unspecified atom stereocenters. The van der Waals surface area contributed by atoms with E-state index in [1.54, 1.807) is 7.11 Å². The van der Waals surface area contributed by atoms with Crippen LogP contribution in [0.2, 0.25) is 0 Å². The average Bonchev–Trinajstić information content (AvgIpc) is 3.06. The van der Waals surface area contributed by atoms with Crippen molar-refractivity contribution in [3.05, 3.63) is 59.2 Å². The van der Waals surface area contributed by atoms with Gasteiger partial charge in [-0.1, -0.05) is 30.3 Å². The number of carbonyl (C=O) groups excluding carboxylic acids is 1. The number of rotatable bonds is 5. The Balaban J connectivity index is 1.67. The van der Waals surface area contributed by atoms with Crippen LogP contribution >= 0.6 is 0 Å². The number of carbonyl (C=O) groups is 1. The highest BCUT2D eigenvalue weighted by Gasteiger charge is 2.27. The van der Waals surface area contributed by atoms with Gasteiger partial charge in [0.1, 0.15) is 5.75 Å². The molecule has 0 aromatic heterocycles. The molecule has 2 aromatic rings. The number of para-hydroxylation sites is 1. The van der Waals surface area contributed by atoms with Crippen LogP contribution in [-0.2, 0) is 4.79 Å². The van der Waals surface area contributed by atoms with Crippen LogP contribution in [0.5, 0.6) is 5.75 Å². The van der Waals surface area contributed by atoms with Crippen molar-refractivity contribution in [3.8, 4) is 5.75 Å². The van der Waals surface area contributed by atoms with Gasteiger partial charge in [0.15, 0.2) is 0 Å². The van der Waals surface area contributed by atoms with Gasteiger partial charge in [-0.15, -0.1) is 0 Å². The summed E-state index contributed by atoms with van der Waals surface area (Å²) in [6.07, 6.45) is 2.20. The maximum Gasteiger partial charge on any atom is 0.238 e. The Morgan fingerprint density at radius 3 is 2.48 bits per heavy atom. The molecule has 1 saturated heterocycles. The van der Waals surface area contributed by atoms with E-state index in [4.69, 9.17) is 4.74 Å². The molecular formula is C21H26N2O2. The number of benzene rings is 2. The third-order valence-corrected chi connectivity index (χ3v) is 4.96. The predicted molar refractivity (Wildman–Crippen MR) is 101 cm³/mol. The summed E-state index contributed by atoms with van der Waals surface area (Å²) in [6.45, 7) is 5.43. The van der Waals surface area contributed by atoms with Gasteiger partial charge in [-0.2, -0.15) is 0 Å². The quantitative estimate of drug-likeness (QED) is 0.893. The van der Waals surface area contributed by atoms with Crippen molar-refractivity contribution in [2.24, 2.45) is 0 Å². The largest absolute Gasteiger partial charge is 0.497 e. The third-order valence-electron chi connectivity index (χ3n) is 4.96. The number of anilines is 1. The van der Waals surface area contributed by atoms with Crippen LogP contribution in [0, 0.1) is 13.8 Å². The second-order valence-electron chi connectivity index (χ2n) is 6.72. The highest BCUT2D eigenvalue weighted by atomic mass is 16.5. The van der Waals surface area contributed by atoms with E-state index in [1.165, 1.54) is 5.56 Å². The standard InChI is InChI=1S/C21H26N2O2/c1-15-6-4-7-16(2)21(15)22-20(24)14-23-13-5-8-19(23)17-9-11-18(25-3)12-10-17/h4,6-7,9-12,19H,5,8,13-14H2,1-3H3,(H,22,24). The Morgan fingerprint density at radius 1 is 1.16 bits per heavy atom. The van der Waals surface area contributed by atoms with Gasteiger partial charge in [-0.25, -0.2) is 0 Å². The first-order valence-corrected chi connectivity index (χ1v) is 8.82. The summed E-state index contributed by atoms with van der Waals surface area (Å²) in [6, 6.07) is 14.5. The van der Waals surface area contributed by atoms with Crippen molar-refractivity contribution in [1.82, 2.24) is 4.90 Å². The van der Waals surface area contributed by atoms with Gasteiger partial charge in [0.25, 0.3) is 0 Å². The zero-order valence-corrected chi connectivity index (χ0v) is 15.2. The Kier molecular flexibility index (Phi) is 5.39. The van der Waals surface area contributed by atoms with Crippen molar-refractivity contribution in [2.75, 3.05) is 25.5 Å². The van der Waals surface area contributed by atoms with Gasteiger partial charge in [0.05, 0.1) is 13.7 Å². The summed E-state index contributed by atoms with van der Waals surface area (Å²) in [5, 5.41) is 3.10. The molecule has 0 aliphatic carbocycles. The maximum absolute atomic E-state index is 12.6. The first-order chi connectivity index (χ1) is 12.1. The van der Waals surface area contributed by atoms with Gasteiger partial charge < -0.3 is 10.1 Å². The number of nitrogens with one attached hydrogen (secondary N) is 1. The van der Waals surface area contributed by atoms with Crippen molar-refractivity contribution in [1.29, 1.82) is 0 Å². The molecule has 0 bridgehead atoms. The molecule has 0 radical (unpaired) electrons. The molecule has 1 atom stereocenters. The van der Waals surface area contributed by atoms with Gasteiger partial charge >= 0.3 is 0 Å². The molecule has 1 N–H and O–H groups in total. The van der Waals surface area contributed by atoms with Gasteiger partial charge in [0, 0.05) is 11.7 Å². The van der Waals surface area contributed by atoms with E-state index >= 15 is 0 Å². The van der Waals surface area contributed by atoms with Crippen LogP contribution in [-0.4, -0.2) is 31.0 Å². The van der Waals surface area contributed by atoms with E-state index in [1.807, 2.05) is 44.2 Å². The number of hydrogen-bond donors (Lipinski definition) is 1. The molecule has 1 aliphatic rings. The van der Waals surface area contributed by atoms with E-state index < -0.39 is 0 Å². The second-order valence-corrected chi connectivity index (χ2v) is 6.72. The number of hydrogen-bond acceptors (Lipinski definition) is 3. The average molecular weight is 338 g/mol. The van der Waals surface area contributed by atoms with E-state index in [2.05, 4.69) is 22.3 Å². The Labute approximate surface area is 149 Å². The van der Waals surface area contributed by atoms with Crippen LogP contribution in [0.3, 0.4) is 0 Å². The molecule has 4 nitrogen and oxygen atoms in total. The smallest absolute Gasteiger partial charge is 0.238 e. The number of nitrogens with zero attached hydrogens (tertiary/aromatic N) is 1. The fourth-order valence-electron chi connectivity index (χ4n) is 3.59. The molecule has 0 saturated carbocycles. The minimum absolute atomic E-state index is 0.0535. The van der Waals surface area contributed by atoms with Crippen molar-refractivity contribution >= 4 is 11.6 Å². The van der Waals surface area contributed by atoms with E-state index in [-0.39, 0.29) is 5.91 Å². The van der Waals surface area contributed by atoms with Gasteiger partial charge in [-0.05, 0) is 62.1 Å². The second kappa shape index (κ2) is 7.70. The van der Waals surface area contributed by atoms with Crippen LogP contribution in [0.1, 0.15) is 35.6 Å². The van der Waals surface area contributed by atoms with E-state index in [0.717, 1.165) is 42.0 Å². The molecule has 1 fully saturated rings. The predicted octanol–water partition coefficient (Wildman–Crippen LogP) is 4.09. The molecule has 25 heavy (non-hydrogen) atoms. The topological polar surface area (TPSA) is 41.6 Å². The molecule has 132 valence electrons. The zero-order chi connectivity index (χ0) is 17.8. The molecular weight excluding hydrogens is 312 g/mol. The molecule has 1 heterocycles. The Hall–Kier alpha value is -2.33. The molecule has 1 aliphatic heterocycles. The Morgan fingerprint density at radius 2 is 1.84 bits per heavy atom. The number of ether oxygens (including phenoxy) is 1. The van der Waals surface area contributed by atoms with Crippen LogP contribution in [0.15, 0.2) is 42.5 Å². The minimum atomic E-state index is 0.0535. The molecule has 0 spiro atoms. The molecule has 3 rings (SSSR count). The lowest BCUT2D eigenvalue weighted by atomic mass is 10.0. The molecule has 1 amide bonds. The third kappa shape index (κ3) is 4.02. The SMILES string of the molecule is COc1ccc(C2CCCN2CC(=O)Nc2c(C)cccc2C)cc1. The lowest BCUT2D eigenvalue weighted by Crippen LogP contribution is -2.33. The monoisotopic (exact) mass is 338 g/mol. The summed E-state index contributed by atoms with van der Waals surface area (Å²) in [5.41, 5.74) is 4.38. The fourth-order valence-corrected chi connectivity index (χ4v) is 3.59. The maximum atomic E-state index is 12.6. The minimum Gasteiger partial charge on any atom is -0.497 e. The normalized spacial score (nSPS) is 17.5.